The Morgan fingerprint density at radius 3 is 2.58 bits per heavy atom. The van der Waals surface area contributed by atoms with Crippen molar-refractivity contribution in [2.75, 3.05) is 26.4 Å². The van der Waals surface area contributed by atoms with E-state index in [2.05, 4.69) is 4.90 Å². The molecule has 1 saturated heterocycles. The molecule has 2 aliphatic rings. The number of likely N-dealkylation sites (tertiary alicyclic amines) is 1. The summed E-state index contributed by atoms with van der Waals surface area (Å²) in [5.41, 5.74) is 0.911. The summed E-state index contributed by atoms with van der Waals surface area (Å²) in [5.74, 6) is 1.51. The van der Waals surface area contributed by atoms with Crippen molar-refractivity contribution in [2.45, 2.75) is 31.8 Å². The Kier molecular flexibility index (Phi) is 3.89. The lowest BCUT2D eigenvalue weighted by atomic mass is 10.1. The van der Waals surface area contributed by atoms with Gasteiger partial charge in [-0.05, 0) is 43.6 Å². The van der Waals surface area contributed by atoms with Gasteiger partial charge in [-0.2, -0.15) is 0 Å². The molecule has 0 bridgehead atoms. The monoisotopic (exact) mass is 263 g/mol. The van der Waals surface area contributed by atoms with Gasteiger partial charge in [-0.25, -0.2) is 0 Å². The molecule has 1 unspecified atom stereocenters. The van der Waals surface area contributed by atoms with Crippen LogP contribution in [0.25, 0.3) is 0 Å². The minimum absolute atomic E-state index is 0.279. The van der Waals surface area contributed by atoms with Crippen molar-refractivity contribution in [2.24, 2.45) is 0 Å². The van der Waals surface area contributed by atoms with E-state index in [1.807, 2.05) is 18.2 Å². The van der Waals surface area contributed by atoms with Gasteiger partial charge in [0.05, 0.1) is 6.10 Å². The highest BCUT2D eigenvalue weighted by molar-refractivity contribution is 5.45. The molecule has 4 heteroatoms. The predicted molar refractivity (Wildman–Crippen MR) is 72.4 cm³/mol. The van der Waals surface area contributed by atoms with Crippen molar-refractivity contribution >= 4 is 0 Å². The van der Waals surface area contributed by atoms with E-state index < -0.39 is 6.10 Å². The largest absolute Gasteiger partial charge is 0.454 e. The van der Waals surface area contributed by atoms with Gasteiger partial charge in [0.15, 0.2) is 11.5 Å². The molecule has 0 saturated carbocycles. The summed E-state index contributed by atoms with van der Waals surface area (Å²) < 4.78 is 10.6. The summed E-state index contributed by atoms with van der Waals surface area (Å²) >= 11 is 0. The Morgan fingerprint density at radius 1 is 1.05 bits per heavy atom. The Hall–Kier alpha value is -1.26. The van der Waals surface area contributed by atoms with Gasteiger partial charge in [0.25, 0.3) is 0 Å². The van der Waals surface area contributed by atoms with E-state index in [-0.39, 0.29) is 6.79 Å². The molecule has 0 amide bonds. The molecule has 19 heavy (non-hydrogen) atoms. The van der Waals surface area contributed by atoms with Crippen molar-refractivity contribution < 1.29 is 14.6 Å². The quantitative estimate of drug-likeness (QED) is 0.908. The third-order valence-electron chi connectivity index (χ3n) is 3.91. The molecule has 2 heterocycles. The number of benzene rings is 1. The molecule has 4 nitrogen and oxygen atoms in total. The fraction of sp³-hybridized carbons (Fsp3) is 0.600. The molecule has 1 atom stereocenters. The summed E-state index contributed by atoms with van der Waals surface area (Å²) in [6, 6.07) is 5.70. The first-order chi connectivity index (χ1) is 9.33. The summed E-state index contributed by atoms with van der Waals surface area (Å²) in [4.78, 5) is 2.36. The molecule has 1 aromatic carbocycles. The van der Waals surface area contributed by atoms with E-state index in [9.17, 15) is 5.11 Å². The van der Waals surface area contributed by atoms with Crippen molar-refractivity contribution in [3.8, 4) is 11.5 Å². The van der Waals surface area contributed by atoms with Crippen LogP contribution in [0, 0.1) is 0 Å². The lowest BCUT2D eigenvalue weighted by Crippen LogP contribution is -2.29. The Morgan fingerprint density at radius 2 is 1.79 bits per heavy atom. The molecule has 0 aromatic heterocycles. The minimum Gasteiger partial charge on any atom is -0.454 e. The number of ether oxygens (including phenoxy) is 2. The number of fused-ring (bicyclic) bond motifs is 1. The van der Waals surface area contributed by atoms with Crippen LogP contribution in [0.4, 0.5) is 0 Å². The average Bonchev–Trinajstić information content (AvgIpc) is 2.75. The molecule has 0 aliphatic carbocycles. The topological polar surface area (TPSA) is 41.9 Å². The Bertz CT molecular complexity index is 427. The number of aliphatic hydroxyl groups is 1. The maximum Gasteiger partial charge on any atom is 0.231 e. The van der Waals surface area contributed by atoms with Crippen LogP contribution >= 0.6 is 0 Å². The van der Waals surface area contributed by atoms with Crippen LogP contribution in [0.15, 0.2) is 18.2 Å². The normalized spacial score (nSPS) is 21.1. The minimum atomic E-state index is -0.451. The van der Waals surface area contributed by atoms with Crippen LogP contribution in [0.5, 0.6) is 11.5 Å². The fourth-order valence-corrected chi connectivity index (χ4v) is 2.79. The summed E-state index contributed by atoms with van der Waals surface area (Å²) in [6.07, 6.45) is 4.67. The van der Waals surface area contributed by atoms with Crippen LogP contribution in [0.2, 0.25) is 0 Å². The number of hydrogen-bond donors (Lipinski definition) is 1. The molecule has 2 aliphatic heterocycles. The van der Waals surface area contributed by atoms with E-state index >= 15 is 0 Å². The lowest BCUT2D eigenvalue weighted by molar-refractivity contribution is 0.115. The number of hydrogen-bond acceptors (Lipinski definition) is 4. The van der Waals surface area contributed by atoms with E-state index in [1.54, 1.807) is 0 Å². The molecule has 1 aromatic rings. The summed E-state index contributed by atoms with van der Waals surface area (Å²) in [6.45, 7) is 3.18. The number of rotatable bonds is 3. The molecular weight excluding hydrogens is 242 g/mol. The van der Waals surface area contributed by atoms with Gasteiger partial charge < -0.3 is 19.5 Å². The molecule has 0 radical (unpaired) electrons. The molecule has 104 valence electrons. The molecule has 1 N–H and O–H groups in total. The van der Waals surface area contributed by atoms with Crippen LogP contribution in [0.1, 0.15) is 37.4 Å². The zero-order valence-corrected chi connectivity index (χ0v) is 11.2. The van der Waals surface area contributed by atoms with Gasteiger partial charge in [-0.1, -0.05) is 18.9 Å². The van der Waals surface area contributed by atoms with Gasteiger partial charge in [0.2, 0.25) is 6.79 Å². The second-order valence-corrected chi connectivity index (χ2v) is 5.34. The molecule has 0 spiro atoms. The second-order valence-electron chi connectivity index (χ2n) is 5.34. The Balaban J connectivity index is 1.64. The van der Waals surface area contributed by atoms with Gasteiger partial charge >= 0.3 is 0 Å². The number of nitrogens with zero attached hydrogens (tertiary/aromatic N) is 1. The predicted octanol–water partition coefficient (Wildman–Crippen LogP) is 2.32. The van der Waals surface area contributed by atoms with E-state index in [0.717, 1.165) is 30.2 Å². The van der Waals surface area contributed by atoms with Crippen molar-refractivity contribution in [1.29, 1.82) is 0 Å². The highest BCUT2D eigenvalue weighted by Crippen LogP contribution is 2.34. The van der Waals surface area contributed by atoms with Crippen LogP contribution < -0.4 is 9.47 Å². The second kappa shape index (κ2) is 5.80. The SMILES string of the molecule is OC(CN1CCCCCC1)c1ccc2c(c1)OCO2. The van der Waals surface area contributed by atoms with E-state index in [0.29, 0.717) is 6.54 Å². The standard InChI is InChI=1S/C15H21NO3/c17-13(10-16-7-3-1-2-4-8-16)12-5-6-14-15(9-12)19-11-18-14/h5-6,9,13,17H,1-4,7-8,10-11H2. The van der Waals surface area contributed by atoms with Crippen molar-refractivity contribution in [3.63, 3.8) is 0 Å². The van der Waals surface area contributed by atoms with Gasteiger partial charge in [0, 0.05) is 6.54 Å². The highest BCUT2D eigenvalue weighted by Gasteiger charge is 2.19. The van der Waals surface area contributed by atoms with Gasteiger partial charge in [-0.3, -0.25) is 0 Å². The average molecular weight is 263 g/mol. The first-order valence-corrected chi connectivity index (χ1v) is 7.13. The Labute approximate surface area is 113 Å². The smallest absolute Gasteiger partial charge is 0.231 e. The van der Waals surface area contributed by atoms with Crippen LogP contribution in [-0.2, 0) is 0 Å². The van der Waals surface area contributed by atoms with Crippen molar-refractivity contribution in [3.05, 3.63) is 23.8 Å². The zero-order chi connectivity index (χ0) is 13.1. The first kappa shape index (κ1) is 12.8. The van der Waals surface area contributed by atoms with Crippen molar-refractivity contribution in [1.82, 2.24) is 4.90 Å². The zero-order valence-electron chi connectivity index (χ0n) is 11.2. The third kappa shape index (κ3) is 3.01. The fourth-order valence-electron chi connectivity index (χ4n) is 2.79. The van der Waals surface area contributed by atoms with Gasteiger partial charge in [0.1, 0.15) is 0 Å². The maximum atomic E-state index is 10.4. The first-order valence-electron chi connectivity index (χ1n) is 7.13. The van der Waals surface area contributed by atoms with Crippen LogP contribution in [0.3, 0.4) is 0 Å². The lowest BCUT2D eigenvalue weighted by Gasteiger charge is -2.23. The van der Waals surface area contributed by atoms with E-state index in [4.69, 9.17) is 9.47 Å². The van der Waals surface area contributed by atoms with Crippen LogP contribution in [-0.4, -0.2) is 36.4 Å². The molecular formula is C15H21NO3. The highest BCUT2D eigenvalue weighted by atomic mass is 16.7. The maximum absolute atomic E-state index is 10.4. The van der Waals surface area contributed by atoms with Gasteiger partial charge in [-0.15, -0.1) is 0 Å². The molecule has 1 fully saturated rings. The summed E-state index contributed by atoms with van der Waals surface area (Å²) in [5, 5.41) is 10.4. The number of β-amino-alcohol motifs (C(OH)–C–C–N with tert-alkyl or cyclic N) is 1. The third-order valence-corrected chi connectivity index (χ3v) is 3.91. The number of aliphatic hydroxyl groups excluding tert-OH is 1. The van der Waals surface area contributed by atoms with E-state index in [1.165, 1.54) is 25.7 Å². The molecule has 3 rings (SSSR count). The summed E-state index contributed by atoms with van der Waals surface area (Å²) in [7, 11) is 0.